The number of fused-ring (bicyclic) bond motifs is 7. The van der Waals surface area contributed by atoms with Crippen molar-refractivity contribution in [2.24, 2.45) is 57.0 Å². The van der Waals surface area contributed by atoms with Crippen molar-refractivity contribution in [2.75, 3.05) is 7.11 Å². The Labute approximate surface area is 243 Å². The van der Waals surface area contributed by atoms with Crippen molar-refractivity contribution in [1.29, 1.82) is 0 Å². The topological polar surface area (TPSA) is 52.3 Å². The van der Waals surface area contributed by atoms with Crippen LogP contribution in [0.4, 0.5) is 0 Å². The summed E-state index contributed by atoms with van der Waals surface area (Å²) in [4.78, 5) is 12.0. The normalized spacial score (nSPS) is 45.3. The molecule has 3 heteroatoms. The van der Waals surface area contributed by atoms with Gasteiger partial charge in [0.1, 0.15) is 0 Å². The van der Waals surface area contributed by atoms with Gasteiger partial charge in [-0.3, -0.25) is 0 Å². The van der Waals surface area contributed by atoms with E-state index in [1.165, 1.54) is 75.2 Å². The average Bonchev–Trinajstić information content (AvgIpc) is 3.26. The maximum absolute atomic E-state index is 12.0. The van der Waals surface area contributed by atoms with Crippen molar-refractivity contribution in [2.45, 2.75) is 105 Å². The number of hydrogen-bond acceptors (Lipinski definition) is 3. The van der Waals surface area contributed by atoms with Gasteiger partial charge in [0.25, 0.3) is 0 Å². The van der Waals surface area contributed by atoms with Crippen LogP contribution in [-0.2, 0) is 4.74 Å². The number of carbonyl (C=O) groups is 1. The van der Waals surface area contributed by atoms with E-state index < -0.39 is 0 Å². The minimum atomic E-state index is -0.270. The van der Waals surface area contributed by atoms with Crippen molar-refractivity contribution < 1.29 is 9.53 Å². The quantitative estimate of drug-likeness (QED) is 0.306. The highest BCUT2D eigenvalue weighted by Gasteiger charge is 2.70. The van der Waals surface area contributed by atoms with Gasteiger partial charge in [-0.2, -0.15) is 0 Å². The van der Waals surface area contributed by atoms with E-state index in [2.05, 4.69) is 66.3 Å². The highest BCUT2D eigenvalue weighted by atomic mass is 16.5. The number of benzene rings is 1. The first-order chi connectivity index (χ1) is 18.7. The Morgan fingerprint density at radius 3 is 2.25 bits per heavy atom. The molecule has 5 aliphatic carbocycles. The number of rotatable bonds is 3. The minimum Gasteiger partial charge on any atom is -0.465 e. The second kappa shape index (κ2) is 9.06. The van der Waals surface area contributed by atoms with Gasteiger partial charge in [0.05, 0.1) is 12.7 Å². The van der Waals surface area contributed by atoms with Crippen LogP contribution in [0.1, 0.15) is 115 Å². The van der Waals surface area contributed by atoms with E-state index in [0.29, 0.717) is 45.5 Å². The maximum atomic E-state index is 12.0. The van der Waals surface area contributed by atoms with Crippen LogP contribution in [-0.4, -0.2) is 18.6 Å². The molecule has 0 spiro atoms. The van der Waals surface area contributed by atoms with Gasteiger partial charge in [0.15, 0.2) is 0 Å². The SMILES string of the molecule is C=C(C)[C@@H]1CCC2(N)CC[C@]3(C)[C@H](CC[C@@H]4[C@@]5(C)CC=C(c6ccc(C(=O)OC)cc6)C(C)(C)[C@@H]5CC[C@]43C)[C@@H]12. The molecule has 9 atom stereocenters. The molecule has 1 aromatic carbocycles. The van der Waals surface area contributed by atoms with Crippen molar-refractivity contribution in [3.05, 3.63) is 53.6 Å². The fourth-order valence-electron chi connectivity index (χ4n) is 12.2. The highest BCUT2D eigenvalue weighted by Crippen LogP contribution is 2.76. The number of ether oxygens (including phenoxy) is 1. The summed E-state index contributed by atoms with van der Waals surface area (Å²) < 4.78 is 4.93. The summed E-state index contributed by atoms with van der Waals surface area (Å²) in [7, 11) is 1.45. The van der Waals surface area contributed by atoms with Gasteiger partial charge < -0.3 is 10.5 Å². The Bertz CT molecular complexity index is 1240. The van der Waals surface area contributed by atoms with E-state index in [9.17, 15) is 4.79 Å². The van der Waals surface area contributed by atoms with Crippen LogP contribution < -0.4 is 5.73 Å². The summed E-state index contributed by atoms with van der Waals surface area (Å²) in [5, 5.41) is 0. The fourth-order valence-corrected chi connectivity index (χ4v) is 12.2. The summed E-state index contributed by atoms with van der Waals surface area (Å²) in [5.41, 5.74) is 13.0. The Hall–Kier alpha value is -1.87. The molecule has 5 aliphatic rings. The molecule has 4 fully saturated rings. The monoisotopic (exact) mass is 543 g/mol. The summed E-state index contributed by atoms with van der Waals surface area (Å²) in [6.07, 6.45) is 13.9. The lowest BCUT2D eigenvalue weighted by molar-refractivity contribution is -0.217. The van der Waals surface area contributed by atoms with Crippen LogP contribution in [0, 0.1) is 51.2 Å². The molecule has 0 bridgehead atoms. The third kappa shape index (κ3) is 3.61. The molecule has 1 unspecified atom stereocenters. The van der Waals surface area contributed by atoms with Gasteiger partial charge >= 0.3 is 5.97 Å². The maximum Gasteiger partial charge on any atom is 0.337 e. The average molecular weight is 544 g/mol. The van der Waals surface area contributed by atoms with E-state index in [4.69, 9.17) is 10.5 Å². The largest absolute Gasteiger partial charge is 0.465 e. The van der Waals surface area contributed by atoms with Gasteiger partial charge in [-0.1, -0.05) is 65.0 Å². The first-order valence-corrected chi connectivity index (χ1v) is 16.1. The number of methoxy groups -OCH3 is 1. The van der Waals surface area contributed by atoms with Crippen LogP contribution in [0.25, 0.3) is 5.57 Å². The third-order valence-electron chi connectivity index (χ3n) is 14.3. The van der Waals surface area contributed by atoms with Crippen molar-refractivity contribution in [3.63, 3.8) is 0 Å². The predicted octanol–water partition coefficient (Wildman–Crippen LogP) is 8.84. The molecule has 1 aromatic rings. The van der Waals surface area contributed by atoms with E-state index >= 15 is 0 Å². The molecule has 0 amide bonds. The van der Waals surface area contributed by atoms with Crippen molar-refractivity contribution in [3.8, 4) is 0 Å². The summed E-state index contributed by atoms with van der Waals surface area (Å²) in [5.74, 6) is 3.03. The first-order valence-electron chi connectivity index (χ1n) is 16.1. The molecule has 0 aromatic heterocycles. The van der Waals surface area contributed by atoms with E-state index in [1.807, 2.05) is 12.1 Å². The molecule has 0 saturated heterocycles. The Kier molecular flexibility index (Phi) is 6.40. The van der Waals surface area contributed by atoms with Crippen molar-refractivity contribution >= 4 is 11.5 Å². The Balaban J connectivity index is 1.34. The molecule has 0 aliphatic heterocycles. The molecular formula is C37H53NO2. The van der Waals surface area contributed by atoms with Crippen LogP contribution >= 0.6 is 0 Å². The number of carbonyl (C=O) groups excluding carboxylic acids is 1. The van der Waals surface area contributed by atoms with Crippen molar-refractivity contribution in [1.82, 2.24) is 0 Å². The molecule has 218 valence electrons. The van der Waals surface area contributed by atoms with Gasteiger partial charge in [-0.05, 0) is 139 Å². The molecule has 4 saturated carbocycles. The fraction of sp³-hybridized carbons (Fsp3) is 0.703. The third-order valence-corrected chi connectivity index (χ3v) is 14.3. The number of nitrogens with two attached hydrogens (primary N) is 1. The molecule has 6 rings (SSSR count). The smallest absolute Gasteiger partial charge is 0.337 e. The second-order valence-corrected chi connectivity index (χ2v) is 16.0. The zero-order chi connectivity index (χ0) is 28.9. The van der Waals surface area contributed by atoms with Gasteiger partial charge in [-0.25, -0.2) is 4.79 Å². The molecule has 40 heavy (non-hydrogen) atoms. The molecule has 3 nitrogen and oxygen atoms in total. The van der Waals surface area contributed by atoms with Crippen LogP contribution in [0.5, 0.6) is 0 Å². The minimum absolute atomic E-state index is 0.0198. The standard InChI is InChI=1S/C37H53NO2/c1-23(2)26-15-20-37(38)22-21-35(6)28(31(26)37)13-14-30-34(5)18-16-27(24-9-11-25(12-10-24)32(39)40-8)33(3,4)29(34)17-19-36(30,35)7/h9-12,16,26,28-31H,1,13-15,17-22,38H2,2-8H3/t26-,28+,29-,30+,31+,34-,35+,36+,37?/m0/s1. The lowest BCUT2D eigenvalue weighted by Crippen LogP contribution is -2.67. The van der Waals surface area contributed by atoms with Crippen LogP contribution in [0.15, 0.2) is 42.5 Å². The zero-order valence-corrected chi connectivity index (χ0v) is 26.2. The van der Waals surface area contributed by atoms with Crippen LogP contribution in [0.3, 0.4) is 0 Å². The van der Waals surface area contributed by atoms with E-state index in [-0.39, 0.29) is 16.9 Å². The number of hydrogen-bond donors (Lipinski definition) is 1. The Morgan fingerprint density at radius 2 is 1.60 bits per heavy atom. The summed E-state index contributed by atoms with van der Waals surface area (Å²) in [6, 6.07) is 8.10. The summed E-state index contributed by atoms with van der Waals surface area (Å²) in [6.45, 7) is 19.8. The zero-order valence-electron chi connectivity index (χ0n) is 26.2. The molecule has 2 N–H and O–H groups in total. The van der Waals surface area contributed by atoms with E-state index in [0.717, 1.165) is 12.3 Å². The predicted molar refractivity (Wildman–Crippen MR) is 165 cm³/mol. The first kappa shape index (κ1) is 28.3. The highest BCUT2D eigenvalue weighted by molar-refractivity contribution is 5.89. The molecular weight excluding hydrogens is 490 g/mol. The lowest BCUT2D eigenvalue weighted by atomic mass is 9.33. The Morgan fingerprint density at radius 1 is 0.900 bits per heavy atom. The van der Waals surface area contributed by atoms with Gasteiger partial charge in [0, 0.05) is 5.54 Å². The lowest BCUT2D eigenvalue weighted by Gasteiger charge is -2.72. The van der Waals surface area contributed by atoms with Crippen LogP contribution in [0.2, 0.25) is 0 Å². The second-order valence-electron chi connectivity index (χ2n) is 16.0. The van der Waals surface area contributed by atoms with Gasteiger partial charge in [-0.15, -0.1) is 0 Å². The van der Waals surface area contributed by atoms with E-state index in [1.54, 1.807) is 0 Å². The summed E-state index contributed by atoms with van der Waals surface area (Å²) >= 11 is 0. The number of allylic oxidation sites excluding steroid dienone is 3. The van der Waals surface area contributed by atoms with Gasteiger partial charge in [0.2, 0.25) is 0 Å². The molecule has 0 radical (unpaired) electrons. The number of esters is 1. The molecule has 0 heterocycles.